The number of anilines is 1. The van der Waals surface area contributed by atoms with Gasteiger partial charge in [-0.15, -0.1) is 0 Å². The second-order valence-corrected chi connectivity index (χ2v) is 7.08. The van der Waals surface area contributed by atoms with E-state index in [1.165, 1.54) is 32.1 Å². The van der Waals surface area contributed by atoms with Gasteiger partial charge in [-0.1, -0.05) is 35.2 Å². The molecule has 0 heterocycles. The van der Waals surface area contributed by atoms with Gasteiger partial charge in [0, 0.05) is 15.9 Å². The highest BCUT2D eigenvalue weighted by atomic mass is 79.9. The molecule has 1 aromatic carbocycles. The fourth-order valence-electron chi connectivity index (χ4n) is 2.36. The molecule has 2 rings (SSSR count). The van der Waals surface area contributed by atoms with E-state index in [1.54, 1.807) is 0 Å². The lowest BCUT2D eigenvalue weighted by atomic mass is 9.91. The minimum absolute atomic E-state index is 0.614. The van der Waals surface area contributed by atoms with E-state index in [-0.39, 0.29) is 0 Å². The van der Waals surface area contributed by atoms with E-state index in [9.17, 15) is 4.21 Å². The highest BCUT2D eigenvalue weighted by Gasteiger charge is 2.18. The molecule has 4 heteroatoms. The van der Waals surface area contributed by atoms with Gasteiger partial charge in [-0.3, -0.25) is 4.21 Å². The molecule has 0 spiro atoms. The number of benzene rings is 1. The van der Waals surface area contributed by atoms with Crippen molar-refractivity contribution >= 4 is 32.4 Å². The Balaban J connectivity index is 2.05. The first-order valence-corrected chi connectivity index (χ1v) is 8.21. The summed E-state index contributed by atoms with van der Waals surface area (Å²) in [5, 5.41) is 0. The largest absolute Gasteiger partial charge is 0.398 e. The van der Waals surface area contributed by atoms with E-state index in [0.717, 1.165) is 15.1 Å². The minimum Gasteiger partial charge on any atom is -0.398 e. The van der Waals surface area contributed by atoms with E-state index in [4.69, 9.17) is 5.73 Å². The number of halogens is 1. The fraction of sp³-hybridized carbons (Fsp3) is 0.538. The van der Waals surface area contributed by atoms with Crippen LogP contribution in [-0.4, -0.2) is 9.96 Å². The van der Waals surface area contributed by atoms with E-state index in [1.807, 2.05) is 18.2 Å². The highest BCUT2D eigenvalue weighted by molar-refractivity contribution is 9.10. The molecule has 1 aliphatic carbocycles. The molecular formula is C13H18BrNOS. The van der Waals surface area contributed by atoms with Gasteiger partial charge in [0.2, 0.25) is 0 Å². The Hall–Kier alpha value is -0.350. The first-order valence-electron chi connectivity index (χ1n) is 6.10. The van der Waals surface area contributed by atoms with Crippen molar-refractivity contribution in [1.82, 2.24) is 0 Å². The lowest BCUT2D eigenvalue weighted by Gasteiger charge is -2.21. The summed E-state index contributed by atoms with van der Waals surface area (Å²) in [7, 11) is -0.958. The average molecular weight is 316 g/mol. The lowest BCUT2D eigenvalue weighted by Crippen LogP contribution is -2.15. The number of nitrogen functional groups attached to an aromatic ring is 1. The second kappa shape index (κ2) is 6.01. The number of nitrogens with two attached hydrogens (primary N) is 1. The van der Waals surface area contributed by atoms with Crippen molar-refractivity contribution in [2.75, 3.05) is 11.5 Å². The number of hydrogen-bond donors (Lipinski definition) is 1. The van der Waals surface area contributed by atoms with Gasteiger partial charge in [-0.05, 0) is 37.0 Å². The van der Waals surface area contributed by atoms with Crippen LogP contribution in [0.1, 0.15) is 32.1 Å². The van der Waals surface area contributed by atoms with Crippen molar-refractivity contribution < 1.29 is 4.21 Å². The molecule has 94 valence electrons. The van der Waals surface area contributed by atoms with E-state index < -0.39 is 10.8 Å². The Morgan fingerprint density at radius 1 is 1.29 bits per heavy atom. The van der Waals surface area contributed by atoms with Crippen molar-refractivity contribution in [3.8, 4) is 0 Å². The minimum atomic E-state index is -0.958. The molecule has 1 fully saturated rings. The summed E-state index contributed by atoms with van der Waals surface area (Å²) in [6.07, 6.45) is 6.35. The van der Waals surface area contributed by atoms with Crippen LogP contribution in [0, 0.1) is 5.92 Å². The van der Waals surface area contributed by atoms with E-state index >= 15 is 0 Å². The van der Waals surface area contributed by atoms with Crippen LogP contribution in [0.15, 0.2) is 27.6 Å². The Labute approximate surface area is 114 Å². The topological polar surface area (TPSA) is 43.1 Å². The van der Waals surface area contributed by atoms with Crippen molar-refractivity contribution in [3.05, 3.63) is 22.7 Å². The van der Waals surface area contributed by atoms with Crippen LogP contribution < -0.4 is 5.73 Å². The van der Waals surface area contributed by atoms with Gasteiger partial charge in [0.1, 0.15) is 0 Å². The van der Waals surface area contributed by atoms with E-state index in [2.05, 4.69) is 15.9 Å². The molecule has 2 N–H and O–H groups in total. The Kier molecular flexibility index (Phi) is 4.62. The zero-order valence-electron chi connectivity index (χ0n) is 9.82. The summed E-state index contributed by atoms with van der Waals surface area (Å²) < 4.78 is 13.2. The zero-order chi connectivity index (χ0) is 12.3. The third-order valence-electron chi connectivity index (χ3n) is 3.33. The van der Waals surface area contributed by atoms with E-state index in [0.29, 0.717) is 11.6 Å². The first-order chi connectivity index (χ1) is 8.16. The maximum atomic E-state index is 12.3. The van der Waals surface area contributed by atoms with Gasteiger partial charge in [0.15, 0.2) is 0 Å². The van der Waals surface area contributed by atoms with Gasteiger partial charge >= 0.3 is 0 Å². The molecule has 0 radical (unpaired) electrons. The molecule has 0 aliphatic heterocycles. The lowest BCUT2D eigenvalue weighted by molar-refractivity contribution is 0.388. The average Bonchev–Trinajstić information content (AvgIpc) is 2.33. The molecule has 1 aromatic rings. The fourth-order valence-corrected chi connectivity index (χ4v) is 4.41. The van der Waals surface area contributed by atoms with Crippen molar-refractivity contribution in [2.45, 2.75) is 37.0 Å². The van der Waals surface area contributed by atoms with Gasteiger partial charge in [-0.25, -0.2) is 0 Å². The predicted octanol–water partition coefficient (Wildman–Crippen LogP) is 3.72. The van der Waals surface area contributed by atoms with Crippen LogP contribution >= 0.6 is 15.9 Å². The standard InChI is InChI=1S/C13H18BrNOS/c14-11-6-7-12(15)13(8-11)17(16)9-10-4-2-1-3-5-10/h6-8,10H,1-5,9,15H2. The highest BCUT2D eigenvalue weighted by Crippen LogP contribution is 2.28. The van der Waals surface area contributed by atoms with Crippen LogP contribution in [0.25, 0.3) is 0 Å². The summed E-state index contributed by atoms with van der Waals surface area (Å²) >= 11 is 3.40. The molecule has 1 atom stereocenters. The Morgan fingerprint density at radius 2 is 2.00 bits per heavy atom. The maximum absolute atomic E-state index is 12.3. The summed E-state index contributed by atoms with van der Waals surface area (Å²) in [6, 6.07) is 5.59. The van der Waals surface area contributed by atoms with Crippen LogP contribution in [0.3, 0.4) is 0 Å². The number of rotatable bonds is 3. The Morgan fingerprint density at radius 3 is 2.71 bits per heavy atom. The predicted molar refractivity (Wildman–Crippen MR) is 76.4 cm³/mol. The molecule has 2 nitrogen and oxygen atoms in total. The smallest absolute Gasteiger partial charge is 0.0628 e. The molecule has 1 saturated carbocycles. The third kappa shape index (κ3) is 3.55. The van der Waals surface area contributed by atoms with Gasteiger partial charge in [-0.2, -0.15) is 0 Å². The molecule has 0 bridgehead atoms. The SMILES string of the molecule is Nc1ccc(Br)cc1S(=O)CC1CCCCC1. The van der Waals surface area contributed by atoms with Crippen LogP contribution in [0.5, 0.6) is 0 Å². The molecule has 17 heavy (non-hydrogen) atoms. The summed E-state index contributed by atoms with van der Waals surface area (Å²) in [5.74, 6) is 1.38. The van der Waals surface area contributed by atoms with Gasteiger partial charge in [0.25, 0.3) is 0 Å². The molecule has 0 amide bonds. The molecule has 0 aromatic heterocycles. The van der Waals surface area contributed by atoms with Crippen molar-refractivity contribution in [2.24, 2.45) is 5.92 Å². The second-order valence-electron chi connectivity index (χ2n) is 4.70. The summed E-state index contributed by atoms with van der Waals surface area (Å²) in [6.45, 7) is 0. The first kappa shape index (κ1) is 13.1. The van der Waals surface area contributed by atoms with Gasteiger partial charge in [0.05, 0.1) is 15.7 Å². The van der Waals surface area contributed by atoms with Crippen LogP contribution in [-0.2, 0) is 10.8 Å². The normalized spacial score (nSPS) is 19.1. The molecular weight excluding hydrogens is 298 g/mol. The van der Waals surface area contributed by atoms with Crippen molar-refractivity contribution in [1.29, 1.82) is 0 Å². The summed E-state index contributed by atoms with van der Waals surface area (Å²) in [5.41, 5.74) is 6.52. The zero-order valence-corrected chi connectivity index (χ0v) is 12.2. The Bertz CT molecular complexity index is 416. The molecule has 0 saturated heterocycles. The van der Waals surface area contributed by atoms with Gasteiger partial charge < -0.3 is 5.73 Å². The third-order valence-corrected chi connectivity index (χ3v) is 5.44. The number of hydrogen-bond acceptors (Lipinski definition) is 2. The monoisotopic (exact) mass is 315 g/mol. The molecule has 1 unspecified atom stereocenters. The van der Waals surface area contributed by atoms with Crippen LogP contribution in [0.4, 0.5) is 5.69 Å². The van der Waals surface area contributed by atoms with Crippen molar-refractivity contribution in [3.63, 3.8) is 0 Å². The summed E-state index contributed by atoms with van der Waals surface area (Å²) in [4.78, 5) is 0.782. The van der Waals surface area contributed by atoms with Crippen LogP contribution in [0.2, 0.25) is 0 Å². The molecule has 1 aliphatic rings. The quantitative estimate of drug-likeness (QED) is 0.864. The maximum Gasteiger partial charge on any atom is 0.0628 e.